The number of hydrogen-bond donors (Lipinski definition) is 1. The average molecular weight is 589 g/mol. The van der Waals surface area contributed by atoms with Crippen molar-refractivity contribution >= 4 is 11.9 Å². The van der Waals surface area contributed by atoms with E-state index in [0.717, 1.165) is 57.8 Å². The Bertz CT molecular complexity index is 1280. The smallest absolute Gasteiger partial charge is 0.310 e. The number of fused-ring (bicyclic) bond motifs is 7. The molecule has 6 rings (SSSR count). The molecule has 0 aliphatic heterocycles. The lowest BCUT2D eigenvalue weighted by atomic mass is 9.33. The highest BCUT2D eigenvalue weighted by Crippen LogP contribution is 2.75. The molecule has 0 amide bonds. The van der Waals surface area contributed by atoms with Crippen molar-refractivity contribution in [2.75, 3.05) is 0 Å². The first-order valence-corrected chi connectivity index (χ1v) is 17.4. The highest BCUT2D eigenvalue weighted by Gasteiger charge is 2.69. The Morgan fingerprint density at radius 3 is 2.30 bits per heavy atom. The van der Waals surface area contributed by atoms with Crippen LogP contribution in [0.2, 0.25) is 0 Å². The van der Waals surface area contributed by atoms with Gasteiger partial charge in [-0.05, 0) is 116 Å². The van der Waals surface area contributed by atoms with Crippen molar-refractivity contribution in [3.05, 3.63) is 47.5 Å². The molecule has 1 N–H and O–H groups in total. The third-order valence-corrected chi connectivity index (χ3v) is 15.1. The molecule has 5 aliphatic rings. The van der Waals surface area contributed by atoms with Gasteiger partial charge in [0.15, 0.2) is 0 Å². The summed E-state index contributed by atoms with van der Waals surface area (Å²) in [6.45, 7) is 17.1. The summed E-state index contributed by atoms with van der Waals surface area (Å²) in [6.07, 6.45) is 12.7. The highest BCUT2D eigenvalue weighted by atomic mass is 16.5. The molecule has 0 aromatic heterocycles. The van der Waals surface area contributed by atoms with Gasteiger partial charge in [0.2, 0.25) is 0 Å². The fourth-order valence-electron chi connectivity index (χ4n) is 12.2. The van der Waals surface area contributed by atoms with E-state index in [9.17, 15) is 14.7 Å². The molecule has 1 aromatic carbocycles. The molecule has 0 bridgehead atoms. The van der Waals surface area contributed by atoms with Crippen molar-refractivity contribution in [1.29, 1.82) is 0 Å². The molecule has 1 aromatic rings. The number of ether oxygens (including phenoxy) is 1. The normalized spacial score (nSPS) is 45.0. The predicted molar refractivity (Wildman–Crippen MR) is 171 cm³/mol. The minimum Gasteiger partial charge on any atom is -0.481 e. The number of benzene rings is 1. The van der Waals surface area contributed by atoms with E-state index in [-0.39, 0.29) is 39.7 Å². The number of allylic oxidation sites excluding steroid dienone is 2. The summed E-state index contributed by atoms with van der Waals surface area (Å²) >= 11 is 0. The number of carbonyl (C=O) groups excluding carboxylic acids is 1. The summed E-state index contributed by atoms with van der Waals surface area (Å²) in [5.41, 5.74) is 2.35. The van der Waals surface area contributed by atoms with Gasteiger partial charge >= 0.3 is 11.9 Å². The van der Waals surface area contributed by atoms with Crippen LogP contribution in [0.1, 0.15) is 118 Å². The lowest BCUT2D eigenvalue weighted by Crippen LogP contribution is -2.65. The molecule has 0 spiro atoms. The van der Waals surface area contributed by atoms with Gasteiger partial charge in [-0.15, -0.1) is 0 Å². The Labute approximate surface area is 260 Å². The topological polar surface area (TPSA) is 63.6 Å². The second-order valence-electron chi connectivity index (χ2n) is 16.9. The summed E-state index contributed by atoms with van der Waals surface area (Å²) in [5, 5.41) is 10.7. The van der Waals surface area contributed by atoms with Crippen molar-refractivity contribution < 1.29 is 19.4 Å². The van der Waals surface area contributed by atoms with E-state index in [1.807, 2.05) is 18.2 Å². The lowest BCUT2D eigenvalue weighted by Gasteiger charge is -2.71. The molecule has 43 heavy (non-hydrogen) atoms. The molecule has 10 atom stereocenters. The molecule has 0 saturated heterocycles. The zero-order valence-electron chi connectivity index (χ0n) is 27.9. The lowest BCUT2D eigenvalue weighted by molar-refractivity contribution is -0.214. The van der Waals surface area contributed by atoms with Gasteiger partial charge < -0.3 is 9.84 Å². The molecule has 4 saturated carbocycles. The van der Waals surface area contributed by atoms with Crippen LogP contribution in [0.25, 0.3) is 0 Å². The van der Waals surface area contributed by atoms with Gasteiger partial charge in [0.1, 0.15) is 6.10 Å². The second kappa shape index (κ2) is 10.5. The Hall–Kier alpha value is -2.10. The number of rotatable bonds is 5. The van der Waals surface area contributed by atoms with Crippen LogP contribution in [0, 0.1) is 56.7 Å². The number of hydrogen-bond acceptors (Lipinski definition) is 3. The van der Waals surface area contributed by atoms with Crippen molar-refractivity contribution in [3.8, 4) is 0 Å². The van der Waals surface area contributed by atoms with Gasteiger partial charge in [-0.2, -0.15) is 0 Å². The van der Waals surface area contributed by atoms with Crippen molar-refractivity contribution in [2.45, 2.75) is 125 Å². The van der Waals surface area contributed by atoms with Crippen LogP contribution >= 0.6 is 0 Å². The molecule has 5 aliphatic carbocycles. The van der Waals surface area contributed by atoms with Gasteiger partial charge in [-0.1, -0.05) is 90.4 Å². The van der Waals surface area contributed by atoms with Crippen molar-refractivity contribution in [3.63, 3.8) is 0 Å². The van der Waals surface area contributed by atoms with Crippen LogP contribution in [0.15, 0.2) is 42.0 Å². The van der Waals surface area contributed by atoms with Crippen molar-refractivity contribution in [2.24, 2.45) is 56.7 Å². The van der Waals surface area contributed by atoms with E-state index in [1.165, 1.54) is 17.6 Å². The molecule has 4 heteroatoms. The van der Waals surface area contributed by atoms with Gasteiger partial charge in [0, 0.05) is 11.8 Å². The molecule has 236 valence electrons. The van der Waals surface area contributed by atoms with Crippen LogP contribution in [-0.2, 0) is 20.7 Å². The number of aryl methyl sites for hydroxylation is 1. The second-order valence-corrected chi connectivity index (χ2v) is 16.9. The average Bonchev–Trinajstić information content (AvgIpc) is 2.96. The number of carboxylic acid groups (broad SMARTS) is 1. The zero-order chi connectivity index (χ0) is 31.0. The summed E-state index contributed by atoms with van der Waals surface area (Å²) in [6, 6.07) is 10.2. The summed E-state index contributed by atoms with van der Waals surface area (Å²) < 4.78 is 6.30. The zero-order valence-corrected chi connectivity index (χ0v) is 27.9. The monoisotopic (exact) mass is 588 g/mol. The van der Waals surface area contributed by atoms with E-state index in [2.05, 4.69) is 66.7 Å². The number of carbonyl (C=O) groups is 2. The van der Waals surface area contributed by atoms with Crippen LogP contribution in [0.3, 0.4) is 0 Å². The van der Waals surface area contributed by atoms with Gasteiger partial charge in [-0.3, -0.25) is 9.59 Å². The van der Waals surface area contributed by atoms with E-state index in [4.69, 9.17) is 4.74 Å². The summed E-state index contributed by atoms with van der Waals surface area (Å²) in [5.74, 6) is 1.53. The van der Waals surface area contributed by atoms with Crippen LogP contribution in [0.4, 0.5) is 0 Å². The third kappa shape index (κ3) is 4.42. The van der Waals surface area contributed by atoms with Crippen LogP contribution in [-0.4, -0.2) is 23.1 Å². The van der Waals surface area contributed by atoms with Crippen LogP contribution < -0.4 is 0 Å². The first kappa shape index (κ1) is 30.9. The maximum atomic E-state index is 13.1. The summed E-state index contributed by atoms with van der Waals surface area (Å²) in [7, 11) is 0. The Morgan fingerprint density at radius 1 is 0.884 bits per heavy atom. The Kier molecular flexibility index (Phi) is 7.53. The SMILES string of the molecule is C[C@H]1[C@H](C)CC[C@]2(C(=O)O)CC[C@]3(C)C(=CC[C@@H]4[C@@]5(C)CC[C@H](OC(=O)CCc6ccccc6)C(C)(C)C5CC[C@]43C)[C@H]12. The standard InChI is InChI=1S/C39H56O4/c1-25-17-22-39(34(41)42)24-23-37(6)28(33(39)26(25)2)14-15-30-36(5)20-19-31(35(3,4)29(36)18-21-38(30,37)7)43-32(40)16-13-27-11-9-8-10-12-27/h8-12,14,25-26,29-31,33H,13,15-24H2,1-7H3,(H,41,42)/t25-,26+,29?,30-,31+,33+,36+,37-,38-,39+/m1/s1. The molecule has 4 nitrogen and oxygen atoms in total. The van der Waals surface area contributed by atoms with E-state index in [0.29, 0.717) is 30.1 Å². The molecule has 1 unspecified atom stereocenters. The quantitative estimate of drug-likeness (QED) is 0.275. The molecular formula is C39H56O4. The maximum Gasteiger partial charge on any atom is 0.310 e. The largest absolute Gasteiger partial charge is 0.481 e. The molecular weight excluding hydrogens is 532 g/mol. The third-order valence-electron chi connectivity index (χ3n) is 15.1. The fraction of sp³-hybridized carbons (Fsp3) is 0.744. The molecule has 0 heterocycles. The Morgan fingerprint density at radius 2 is 1.60 bits per heavy atom. The summed E-state index contributed by atoms with van der Waals surface area (Å²) in [4.78, 5) is 26.0. The molecule has 4 fully saturated rings. The number of carboxylic acids is 1. The minimum atomic E-state index is -0.591. The van der Waals surface area contributed by atoms with E-state index >= 15 is 0 Å². The predicted octanol–water partition coefficient (Wildman–Crippen LogP) is 9.27. The number of aliphatic carboxylic acids is 1. The van der Waals surface area contributed by atoms with E-state index < -0.39 is 11.4 Å². The first-order valence-electron chi connectivity index (χ1n) is 17.4. The first-order chi connectivity index (χ1) is 20.2. The van der Waals surface area contributed by atoms with Crippen LogP contribution in [0.5, 0.6) is 0 Å². The maximum absolute atomic E-state index is 13.1. The highest BCUT2D eigenvalue weighted by molar-refractivity contribution is 5.76. The fourth-order valence-corrected chi connectivity index (χ4v) is 12.2. The van der Waals surface area contributed by atoms with Gasteiger partial charge in [0.25, 0.3) is 0 Å². The minimum absolute atomic E-state index is 0.0315. The Balaban J connectivity index is 1.26. The van der Waals surface area contributed by atoms with Gasteiger partial charge in [-0.25, -0.2) is 0 Å². The molecule has 0 radical (unpaired) electrons. The van der Waals surface area contributed by atoms with E-state index in [1.54, 1.807) is 0 Å². The van der Waals surface area contributed by atoms with Gasteiger partial charge in [0.05, 0.1) is 5.41 Å². The number of esters is 1. The van der Waals surface area contributed by atoms with Crippen molar-refractivity contribution in [1.82, 2.24) is 0 Å².